The van der Waals surface area contributed by atoms with Crippen LogP contribution in [0.4, 0.5) is 0 Å². The van der Waals surface area contributed by atoms with E-state index in [2.05, 4.69) is 55.5 Å². The molecule has 0 radical (unpaired) electrons. The fraction of sp³-hybridized carbons (Fsp3) is 0.474. The van der Waals surface area contributed by atoms with E-state index in [0.717, 1.165) is 12.8 Å². The second-order valence-corrected chi connectivity index (χ2v) is 6.25. The van der Waals surface area contributed by atoms with Crippen molar-refractivity contribution in [3.05, 3.63) is 53.3 Å². The standard InChI is InChI=1S/C19H26O2/c1-16(10-8-9-13-18(20)21-4)14-19(2,3)15-17-11-6-5-7-12-17/h5-8,11-12H,9,13-15H2,1-4H3. The van der Waals surface area contributed by atoms with Crippen LogP contribution in [0.3, 0.4) is 0 Å². The Hall–Kier alpha value is -1.79. The van der Waals surface area contributed by atoms with Crippen molar-refractivity contribution in [3.63, 3.8) is 0 Å². The zero-order chi connectivity index (χ0) is 15.7. The third kappa shape index (κ3) is 7.53. The molecule has 1 aromatic rings. The SMILES string of the molecule is COC(=O)CCC=C=C(C)CC(C)(C)Cc1ccccc1. The molecule has 1 aromatic carbocycles. The Morgan fingerprint density at radius 1 is 1.29 bits per heavy atom. The van der Waals surface area contributed by atoms with E-state index in [-0.39, 0.29) is 11.4 Å². The third-order valence-corrected chi connectivity index (χ3v) is 3.34. The van der Waals surface area contributed by atoms with Crippen molar-refractivity contribution < 1.29 is 9.53 Å². The lowest BCUT2D eigenvalue weighted by Gasteiger charge is -2.24. The summed E-state index contributed by atoms with van der Waals surface area (Å²) in [4.78, 5) is 11.0. The molecule has 0 spiro atoms. The number of esters is 1. The Kier molecular flexibility index (Phi) is 6.98. The van der Waals surface area contributed by atoms with Gasteiger partial charge >= 0.3 is 5.97 Å². The number of benzene rings is 1. The summed E-state index contributed by atoms with van der Waals surface area (Å²) >= 11 is 0. The van der Waals surface area contributed by atoms with Crippen LogP contribution < -0.4 is 0 Å². The van der Waals surface area contributed by atoms with Crippen LogP contribution in [-0.2, 0) is 16.0 Å². The molecule has 0 saturated heterocycles. The van der Waals surface area contributed by atoms with E-state index in [9.17, 15) is 4.79 Å². The van der Waals surface area contributed by atoms with Gasteiger partial charge in [0, 0.05) is 6.42 Å². The van der Waals surface area contributed by atoms with E-state index in [1.807, 2.05) is 12.1 Å². The minimum atomic E-state index is -0.171. The summed E-state index contributed by atoms with van der Waals surface area (Å²) in [5.74, 6) is -0.171. The highest BCUT2D eigenvalue weighted by Gasteiger charge is 2.18. The number of carbonyl (C=O) groups excluding carboxylic acids is 1. The predicted octanol–water partition coefficient (Wildman–Crippen LogP) is 4.70. The Labute approximate surface area is 128 Å². The van der Waals surface area contributed by atoms with Gasteiger partial charge in [0.25, 0.3) is 0 Å². The molecule has 0 heterocycles. The topological polar surface area (TPSA) is 26.3 Å². The van der Waals surface area contributed by atoms with Crippen molar-refractivity contribution in [1.29, 1.82) is 0 Å². The van der Waals surface area contributed by atoms with E-state index >= 15 is 0 Å². The number of methoxy groups -OCH3 is 1. The van der Waals surface area contributed by atoms with Crippen molar-refractivity contribution in [2.45, 2.75) is 46.5 Å². The first kappa shape index (κ1) is 17.3. The first-order valence-corrected chi connectivity index (χ1v) is 7.44. The normalized spacial score (nSPS) is 10.7. The van der Waals surface area contributed by atoms with E-state index in [1.54, 1.807) is 0 Å². The number of ether oxygens (including phenoxy) is 1. The molecule has 0 unspecified atom stereocenters. The van der Waals surface area contributed by atoms with Crippen LogP contribution in [0.15, 0.2) is 47.7 Å². The monoisotopic (exact) mass is 286 g/mol. The van der Waals surface area contributed by atoms with E-state index in [4.69, 9.17) is 0 Å². The molecule has 1 rings (SSSR count). The lowest BCUT2D eigenvalue weighted by atomic mass is 9.80. The summed E-state index contributed by atoms with van der Waals surface area (Å²) in [6.07, 6.45) is 5.09. The quantitative estimate of drug-likeness (QED) is 0.536. The fourth-order valence-corrected chi connectivity index (χ4v) is 2.52. The number of allylic oxidation sites excluding steroid dienone is 1. The van der Waals surface area contributed by atoms with Crippen LogP contribution in [0.1, 0.15) is 45.6 Å². The molecule has 0 saturated carbocycles. The largest absolute Gasteiger partial charge is 0.469 e. The van der Waals surface area contributed by atoms with Crippen LogP contribution in [0, 0.1) is 5.41 Å². The van der Waals surface area contributed by atoms with E-state index in [0.29, 0.717) is 12.8 Å². The lowest BCUT2D eigenvalue weighted by molar-refractivity contribution is -0.140. The van der Waals surface area contributed by atoms with Gasteiger partial charge in [-0.15, -0.1) is 5.73 Å². The Bertz CT molecular complexity index is 506. The molecule has 2 nitrogen and oxygen atoms in total. The molecule has 21 heavy (non-hydrogen) atoms. The number of hydrogen-bond donors (Lipinski definition) is 0. The molecule has 0 aromatic heterocycles. The highest BCUT2D eigenvalue weighted by atomic mass is 16.5. The molecule has 0 aliphatic carbocycles. The second-order valence-electron chi connectivity index (χ2n) is 6.25. The average Bonchev–Trinajstić information content (AvgIpc) is 2.43. The van der Waals surface area contributed by atoms with Crippen molar-refractivity contribution in [2.75, 3.05) is 7.11 Å². The summed E-state index contributed by atoms with van der Waals surface area (Å²) in [6, 6.07) is 10.6. The fourth-order valence-electron chi connectivity index (χ4n) is 2.52. The van der Waals surface area contributed by atoms with Gasteiger partial charge in [-0.1, -0.05) is 44.2 Å². The van der Waals surface area contributed by atoms with Gasteiger partial charge in [0.15, 0.2) is 0 Å². The summed E-state index contributed by atoms with van der Waals surface area (Å²) < 4.78 is 4.61. The van der Waals surface area contributed by atoms with Crippen molar-refractivity contribution in [3.8, 4) is 0 Å². The molecular weight excluding hydrogens is 260 g/mol. The molecule has 0 bridgehead atoms. The van der Waals surface area contributed by atoms with Crippen LogP contribution in [0.25, 0.3) is 0 Å². The van der Waals surface area contributed by atoms with Gasteiger partial charge in [-0.2, -0.15) is 0 Å². The molecular formula is C19H26O2. The van der Waals surface area contributed by atoms with Gasteiger partial charge in [-0.25, -0.2) is 0 Å². The van der Waals surface area contributed by atoms with Crippen molar-refractivity contribution in [1.82, 2.24) is 0 Å². The first-order valence-electron chi connectivity index (χ1n) is 7.44. The number of hydrogen-bond acceptors (Lipinski definition) is 2. The van der Waals surface area contributed by atoms with Crippen molar-refractivity contribution >= 4 is 5.97 Å². The molecule has 0 atom stereocenters. The van der Waals surface area contributed by atoms with Gasteiger partial charge < -0.3 is 4.74 Å². The van der Waals surface area contributed by atoms with E-state index < -0.39 is 0 Å². The Morgan fingerprint density at radius 3 is 2.57 bits per heavy atom. The summed E-state index contributed by atoms with van der Waals surface area (Å²) in [5, 5.41) is 0. The lowest BCUT2D eigenvalue weighted by Crippen LogP contribution is -2.15. The molecule has 2 heteroatoms. The van der Waals surface area contributed by atoms with Gasteiger partial charge in [0.2, 0.25) is 0 Å². The van der Waals surface area contributed by atoms with Crippen molar-refractivity contribution in [2.24, 2.45) is 5.41 Å². The van der Waals surface area contributed by atoms with Gasteiger partial charge in [-0.3, -0.25) is 4.79 Å². The Morgan fingerprint density at radius 2 is 1.95 bits per heavy atom. The molecule has 0 aliphatic rings. The summed E-state index contributed by atoms with van der Waals surface area (Å²) in [5.41, 5.74) is 6.08. The predicted molar refractivity (Wildman–Crippen MR) is 87.1 cm³/mol. The zero-order valence-electron chi connectivity index (χ0n) is 13.6. The van der Waals surface area contributed by atoms with Crippen LogP contribution in [0.5, 0.6) is 0 Å². The molecule has 0 amide bonds. The zero-order valence-corrected chi connectivity index (χ0v) is 13.6. The summed E-state index contributed by atoms with van der Waals surface area (Å²) in [6.45, 7) is 6.65. The number of carbonyl (C=O) groups is 1. The van der Waals surface area contributed by atoms with Gasteiger partial charge in [-0.05, 0) is 48.8 Å². The molecule has 114 valence electrons. The smallest absolute Gasteiger partial charge is 0.305 e. The molecule has 0 aliphatic heterocycles. The average molecular weight is 286 g/mol. The Balaban J connectivity index is 2.53. The highest BCUT2D eigenvalue weighted by molar-refractivity contribution is 5.69. The van der Waals surface area contributed by atoms with Gasteiger partial charge in [0.1, 0.15) is 0 Å². The molecule has 0 fully saturated rings. The second kappa shape index (κ2) is 8.49. The maximum atomic E-state index is 11.0. The van der Waals surface area contributed by atoms with Gasteiger partial charge in [0.05, 0.1) is 7.11 Å². The highest BCUT2D eigenvalue weighted by Crippen LogP contribution is 2.29. The van der Waals surface area contributed by atoms with E-state index in [1.165, 1.54) is 18.2 Å². The number of rotatable bonds is 7. The van der Waals surface area contributed by atoms with Crippen LogP contribution in [-0.4, -0.2) is 13.1 Å². The van der Waals surface area contributed by atoms with Crippen LogP contribution in [0.2, 0.25) is 0 Å². The minimum absolute atomic E-state index is 0.171. The maximum Gasteiger partial charge on any atom is 0.305 e. The van der Waals surface area contributed by atoms with Crippen LogP contribution >= 0.6 is 0 Å². The minimum Gasteiger partial charge on any atom is -0.469 e. The maximum absolute atomic E-state index is 11.0. The summed E-state index contributed by atoms with van der Waals surface area (Å²) in [7, 11) is 1.42. The third-order valence-electron chi connectivity index (χ3n) is 3.34. The first-order chi connectivity index (χ1) is 9.93. The molecule has 0 N–H and O–H groups in total.